The largest absolute Gasteiger partial charge is 0.392 e. The van der Waals surface area contributed by atoms with Gasteiger partial charge < -0.3 is 20.1 Å². The second-order valence-electron chi connectivity index (χ2n) is 24.7. The third-order valence-electron chi connectivity index (χ3n) is 11.3. The zero-order valence-electron chi connectivity index (χ0n) is 46.7. The van der Waals surface area contributed by atoms with Crippen molar-refractivity contribution in [2.45, 2.75) is 181 Å². The van der Waals surface area contributed by atoms with Gasteiger partial charge in [0.05, 0.1) is 37.3 Å². The standard InChI is InChI=1S/C10H19NO2.2C10H19NO.C8H17NO.C7H15NO.C7H14O2/c1-10(2,3)9(13)8-5-7(12)6-11(8)4;2*1-10(2,3)9(12)8-6-5-7-11(8)4;1-8(2,3)7(10)6-9(4)5;1-7(2,3)6(9)5-8-4;1-7(2,3)6(8)5-9-4/h7-8,12H,5-6H2,1-4H3;2*8H,5-7H2,1-4H3;6H2,1-5H3;8H,5H2,1-4H3;5H2,1-4H3/t7-,8+;2*8-;;;/m110.../s1. The molecule has 0 aromatic heterocycles. The number of methoxy groups -OCH3 is 1. The normalized spacial score (nSPS) is 20.9. The SMILES string of the molecule is CN(C)CC(=O)C(C)(C)C.CN1CCC[C@@H]1C(=O)C(C)(C)C.CN1CCC[C@H]1C(=O)C(C)(C)C.CN1C[C@H](O)C[C@H]1C(=O)C(C)(C)C.CNCC(=O)C(C)(C)C.COCC(=O)C(C)(C)C. The number of carbonyl (C=O) groups excluding carboxylic acids is 6. The highest BCUT2D eigenvalue weighted by Crippen LogP contribution is 2.27. The maximum Gasteiger partial charge on any atom is 0.163 e. The number of aliphatic hydroxyl groups excluding tert-OH is 1. The topological polar surface area (TPSA) is 157 Å². The second-order valence-corrected chi connectivity index (χ2v) is 24.7. The van der Waals surface area contributed by atoms with E-state index in [-0.39, 0.29) is 86.5 Å². The summed E-state index contributed by atoms with van der Waals surface area (Å²) in [5, 5.41) is 12.2. The summed E-state index contributed by atoms with van der Waals surface area (Å²) in [6.07, 6.45) is 4.69. The molecule has 3 aliphatic heterocycles. The molecular weight excluding hydrogens is 823 g/mol. The number of nitrogens with one attached hydrogen (secondary N) is 1. The van der Waals surface area contributed by atoms with Crippen molar-refractivity contribution >= 4 is 34.7 Å². The Kier molecular flexibility index (Phi) is 29.8. The van der Waals surface area contributed by atoms with Gasteiger partial charge in [-0.1, -0.05) is 125 Å². The molecule has 65 heavy (non-hydrogen) atoms. The van der Waals surface area contributed by atoms with E-state index in [0.29, 0.717) is 37.6 Å². The Bertz CT molecular complexity index is 1380. The van der Waals surface area contributed by atoms with Crippen LogP contribution in [0.4, 0.5) is 0 Å². The quantitative estimate of drug-likeness (QED) is 0.238. The highest BCUT2D eigenvalue weighted by molar-refractivity contribution is 5.90. The van der Waals surface area contributed by atoms with Crippen LogP contribution in [0.25, 0.3) is 0 Å². The summed E-state index contributed by atoms with van der Waals surface area (Å²) in [4.78, 5) is 76.9. The van der Waals surface area contributed by atoms with Crippen molar-refractivity contribution in [3.8, 4) is 0 Å². The van der Waals surface area contributed by atoms with Gasteiger partial charge in [-0.2, -0.15) is 0 Å². The van der Waals surface area contributed by atoms with Crippen LogP contribution in [0, 0.1) is 32.5 Å². The molecule has 0 radical (unpaired) electrons. The highest BCUT2D eigenvalue weighted by Gasteiger charge is 2.39. The molecule has 3 rings (SSSR count). The smallest absolute Gasteiger partial charge is 0.163 e. The maximum absolute atomic E-state index is 11.9. The fraction of sp³-hybridized carbons (Fsp3) is 0.885. The first-order valence-corrected chi connectivity index (χ1v) is 23.8. The molecule has 3 aliphatic rings. The van der Waals surface area contributed by atoms with E-state index in [1.165, 1.54) is 20.0 Å². The van der Waals surface area contributed by atoms with Crippen molar-refractivity contribution in [3.05, 3.63) is 0 Å². The van der Waals surface area contributed by atoms with E-state index in [0.717, 1.165) is 25.9 Å². The highest BCUT2D eigenvalue weighted by atomic mass is 16.5. The predicted molar refractivity (Wildman–Crippen MR) is 269 cm³/mol. The number of Topliss-reactive ketones (excluding diaryl/α,β-unsaturated/α-hetero) is 6. The first-order chi connectivity index (χ1) is 29.0. The van der Waals surface area contributed by atoms with Gasteiger partial charge in [-0.25, -0.2) is 0 Å². The number of β-amino-alcohol motifs (C(OH)–C–C–N with tert-alkyl or cyclic N) is 1. The number of rotatable bonds is 9. The minimum Gasteiger partial charge on any atom is -0.392 e. The molecular formula is C52H103N5O8. The summed E-state index contributed by atoms with van der Waals surface area (Å²) in [6.45, 7) is 39.0. The van der Waals surface area contributed by atoms with Crippen LogP contribution in [0.2, 0.25) is 0 Å². The molecule has 0 aliphatic carbocycles. The summed E-state index contributed by atoms with van der Waals surface area (Å²) in [6, 6.07) is 0.282. The molecule has 2 N–H and O–H groups in total. The Balaban J connectivity index is -0.000000714. The van der Waals surface area contributed by atoms with Gasteiger partial charge in [-0.15, -0.1) is 0 Å². The molecule has 13 nitrogen and oxygen atoms in total. The van der Waals surface area contributed by atoms with Gasteiger partial charge in [0.25, 0.3) is 0 Å². The first kappa shape index (κ1) is 67.0. The van der Waals surface area contributed by atoms with Gasteiger partial charge in [-0.05, 0) is 87.5 Å². The maximum atomic E-state index is 11.9. The van der Waals surface area contributed by atoms with E-state index in [4.69, 9.17) is 0 Å². The number of ketones is 6. The predicted octanol–water partition coefficient (Wildman–Crippen LogP) is 7.29. The molecule has 3 fully saturated rings. The van der Waals surface area contributed by atoms with Gasteiger partial charge in [0.2, 0.25) is 0 Å². The second kappa shape index (κ2) is 28.9. The molecule has 3 heterocycles. The number of aliphatic hydroxyl groups is 1. The van der Waals surface area contributed by atoms with Crippen molar-refractivity contribution in [1.29, 1.82) is 0 Å². The fourth-order valence-electron chi connectivity index (χ4n) is 6.56. The van der Waals surface area contributed by atoms with E-state index in [1.54, 1.807) is 7.05 Å². The molecule has 0 bridgehead atoms. The lowest BCUT2D eigenvalue weighted by Gasteiger charge is -2.25. The lowest BCUT2D eigenvalue weighted by atomic mass is 9.85. The molecule has 0 spiro atoms. The van der Waals surface area contributed by atoms with Crippen LogP contribution in [-0.4, -0.2) is 172 Å². The Morgan fingerprint density at radius 2 is 0.892 bits per heavy atom. The van der Waals surface area contributed by atoms with Crippen LogP contribution in [-0.2, 0) is 33.5 Å². The van der Waals surface area contributed by atoms with E-state index in [2.05, 4.69) is 19.9 Å². The van der Waals surface area contributed by atoms with Crippen LogP contribution >= 0.6 is 0 Å². The summed E-state index contributed by atoms with van der Waals surface area (Å²) in [5.74, 6) is 1.70. The van der Waals surface area contributed by atoms with Crippen molar-refractivity contribution in [2.24, 2.45) is 32.5 Å². The summed E-state index contributed by atoms with van der Waals surface area (Å²) in [7, 11) is 13.1. The van der Waals surface area contributed by atoms with E-state index >= 15 is 0 Å². The van der Waals surface area contributed by atoms with Crippen molar-refractivity contribution < 1.29 is 38.6 Å². The van der Waals surface area contributed by atoms with Crippen LogP contribution in [0.15, 0.2) is 0 Å². The number of carbonyl (C=O) groups is 6. The summed E-state index contributed by atoms with van der Waals surface area (Å²) in [5.41, 5.74) is -1.29. The molecule has 0 amide bonds. The molecule has 13 heteroatoms. The molecule has 384 valence electrons. The molecule has 3 saturated heterocycles. The Morgan fingerprint density at radius 1 is 0.554 bits per heavy atom. The third kappa shape index (κ3) is 28.6. The minimum absolute atomic E-state index is 0.0880. The van der Waals surface area contributed by atoms with Gasteiger partial charge in [0.15, 0.2) is 34.7 Å². The number of ether oxygens (including phenoxy) is 1. The fourth-order valence-corrected chi connectivity index (χ4v) is 6.56. The number of hydrogen-bond acceptors (Lipinski definition) is 13. The van der Waals surface area contributed by atoms with Crippen molar-refractivity contribution in [3.63, 3.8) is 0 Å². The number of nitrogens with zero attached hydrogens (tertiary/aromatic N) is 4. The zero-order valence-corrected chi connectivity index (χ0v) is 46.7. The van der Waals surface area contributed by atoms with Gasteiger partial charge in [0, 0.05) is 46.1 Å². The number of likely N-dealkylation sites (tertiary alicyclic amines) is 3. The lowest BCUT2D eigenvalue weighted by Crippen LogP contribution is -2.39. The van der Waals surface area contributed by atoms with E-state index < -0.39 is 0 Å². The summed E-state index contributed by atoms with van der Waals surface area (Å²) < 4.78 is 4.68. The average Bonchev–Trinajstić information content (AvgIpc) is 3.84. The lowest BCUT2D eigenvalue weighted by molar-refractivity contribution is -0.131. The van der Waals surface area contributed by atoms with Crippen LogP contribution < -0.4 is 5.32 Å². The van der Waals surface area contributed by atoms with Crippen molar-refractivity contribution in [1.82, 2.24) is 24.9 Å². The number of likely N-dealkylation sites (N-methyl/N-ethyl adjacent to an activating group) is 5. The average molecular weight is 926 g/mol. The third-order valence-corrected chi connectivity index (χ3v) is 11.3. The monoisotopic (exact) mass is 926 g/mol. The molecule has 0 aromatic rings. The van der Waals surface area contributed by atoms with Crippen molar-refractivity contribution in [2.75, 3.05) is 88.7 Å². The van der Waals surface area contributed by atoms with Gasteiger partial charge >= 0.3 is 0 Å². The molecule has 4 atom stereocenters. The Hall–Kier alpha value is -2.26. The van der Waals surface area contributed by atoms with Crippen LogP contribution in [0.1, 0.15) is 157 Å². The van der Waals surface area contributed by atoms with Gasteiger partial charge in [-0.3, -0.25) is 43.5 Å². The molecule has 0 unspecified atom stereocenters. The number of hydrogen-bond donors (Lipinski definition) is 2. The molecule has 0 saturated carbocycles. The Labute approximate surface area is 399 Å². The van der Waals surface area contributed by atoms with Crippen LogP contribution in [0.5, 0.6) is 0 Å². The van der Waals surface area contributed by atoms with Crippen LogP contribution in [0.3, 0.4) is 0 Å². The van der Waals surface area contributed by atoms with Gasteiger partial charge in [0.1, 0.15) is 6.61 Å². The zero-order chi connectivity index (χ0) is 52.3. The summed E-state index contributed by atoms with van der Waals surface area (Å²) >= 11 is 0. The van der Waals surface area contributed by atoms with E-state index in [1.807, 2.05) is 170 Å². The molecule has 0 aromatic carbocycles. The minimum atomic E-state index is -0.332. The Morgan fingerprint density at radius 3 is 1.06 bits per heavy atom. The first-order valence-electron chi connectivity index (χ1n) is 23.8. The van der Waals surface area contributed by atoms with E-state index in [9.17, 15) is 33.9 Å².